The third-order valence-electron chi connectivity index (χ3n) is 11.9. The van der Waals surface area contributed by atoms with Crippen molar-refractivity contribution in [1.82, 2.24) is 0 Å². The van der Waals surface area contributed by atoms with Gasteiger partial charge in [0.15, 0.2) is 0 Å². The third kappa shape index (κ3) is 3.57. The van der Waals surface area contributed by atoms with Gasteiger partial charge in [0.05, 0.1) is 5.41 Å². The van der Waals surface area contributed by atoms with Crippen LogP contribution in [0.2, 0.25) is 0 Å². The second kappa shape index (κ2) is 10.2. The first-order valence-corrected chi connectivity index (χ1v) is 18.1. The molecule has 0 aromatic heterocycles. The van der Waals surface area contributed by atoms with Gasteiger partial charge in [-0.25, -0.2) is 0 Å². The van der Waals surface area contributed by atoms with Gasteiger partial charge in [0.2, 0.25) is 0 Å². The van der Waals surface area contributed by atoms with Crippen LogP contribution in [0.5, 0.6) is 11.5 Å². The Hall–Kier alpha value is -6.70. The number of ether oxygens (including phenoxy) is 1. The fourth-order valence-corrected chi connectivity index (χ4v) is 9.71. The summed E-state index contributed by atoms with van der Waals surface area (Å²) < 4.78 is 6.38. The van der Waals surface area contributed by atoms with Crippen LogP contribution in [-0.2, 0) is 5.41 Å². The van der Waals surface area contributed by atoms with Gasteiger partial charge >= 0.3 is 0 Å². The highest BCUT2D eigenvalue weighted by Gasteiger charge is 2.50. The summed E-state index contributed by atoms with van der Waals surface area (Å²) in [6, 6.07) is 67.4. The molecule has 0 N–H and O–H groups in total. The summed E-state index contributed by atoms with van der Waals surface area (Å²) in [5.41, 5.74) is 17.5. The maximum Gasteiger partial charge on any atom is 0.135 e. The average molecular weight is 659 g/mol. The predicted octanol–water partition coefficient (Wildman–Crippen LogP) is 13.4. The Morgan fingerprint density at radius 2 is 0.788 bits per heavy atom. The molecule has 1 spiro atoms. The van der Waals surface area contributed by atoms with E-state index in [0.717, 1.165) is 17.1 Å². The lowest BCUT2D eigenvalue weighted by Crippen LogP contribution is -2.31. The zero-order chi connectivity index (χ0) is 34.0. The van der Waals surface area contributed by atoms with E-state index < -0.39 is 5.41 Å². The summed E-state index contributed by atoms with van der Waals surface area (Å²) in [4.78, 5) is 0. The maximum absolute atomic E-state index is 6.38. The van der Waals surface area contributed by atoms with Gasteiger partial charge in [-0.3, -0.25) is 0 Å². The Kier molecular flexibility index (Phi) is 5.49. The van der Waals surface area contributed by atoms with Crippen LogP contribution in [0, 0.1) is 0 Å². The second-order valence-electron chi connectivity index (χ2n) is 14.4. The van der Waals surface area contributed by atoms with Crippen molar-refractivity contribution in [3.63, 3.8) is 0 Å². The van der Waals surface area contributed by atoms with Crippen LogP contribution in [0.25, 0.3) is 77.2 Å². The van der Waals surface area contributed by atoms with Gasteiger partial charge in [-0.2, -0.15) is 0 Å². The summed E-state index contributed by atoms with van der Waals surface area (Å²) in [6.07, 6.45) is 0. The second-order valence-corrected chi connectivity index (χ2v) is 14.4. The molecule has 1 atom stereocenters. The van der Waals surface area contributed by atoms with Crippen LogP contribution >= 0.6 is 0 Å². The SMILES string of the molecule is c1ccc2c(c1)-c1ccc(-c3ccc(-c4ccc5c(c4)-c4cccc6cccc(c46)O5)cc3)cc1C21c2ccccc2-c2cccc3cccc1c23. The highest BCUT2D eigenvalue weighted by atomic mass is 16.5. The van der Waals surface area contributed by atoms with E-state index in [0.29, 0.717) is 0 Å². The van der Waals surface area contributed by atoms with E-state index in [2.05, 4.69) is 182 Å². The van der Waals surface area contributed by atoms with E-state index in [4.69, 9.17) is 4.74 Å². The Labute approximate surface area is 302 Å². The molecule has 12 rings (SSSR count). The molecule has 1 nitrogen and oxygen atoms in total. The third-order valence-corrected chi connectivity index (χ3v) is 11.9. The highest BCUT2D eigenvalue weighted by Crippen LogP contribution is 2.62. The molecule has 9 aromatic rings. The standard InChI is InChI=1S/C51H30O/c1-3-17-43-37(13-1)39-27-25-36(30-46(39)51(43)44-18-4-2-14-38(44)40-15-5-9-33-11-7-19-45(51)49(33)40)32-23-21-31(22-24-32)35-26-28-47-42(29-35)41-16-6-10-34-12-8-20-48(52-47)50(34)41/h1-30H. The quantitative estimate of drug-likeness (QED) is 0.180. The first-order chi connectivity index (χ1) is 25.8. The minimum Gasteiger partial charge on any atom is -0.456 e. The monoisotopic (exact) mass is 658 g/mol. The van der Waals surface area contributed by atoms with E-state index >= 15 is 0 Å². The fraction of sp³-hybridized carbons (Fsp3) is 0.0196. The van der Waals surface area contributed by atoms with E-state index in [1.165, 1.54) is 93.9 Å². The normalized spacial score (nSPS) is 15.5. The topological polar surface area (TPSA) is 9.23 Å². The first-order valence-electron chi connectivity index (χ1n) is 18.1. The lowest BCUT2D eigenvalue weighted by molar-refractivity contribution is 0.487. The van der Waals surface area contributed by atoms with Crippen LogP contribution in [0.3, 0.4) is 0 Å². The summed E-state index contributed by atoms with van der Waals surface area (Å²) >= 11 is 0. The van der Waals surface area contributed by atoms with Crippen molar-refractivity contribution in [3.8, 4) is 67.1 Å². The molecule has 0 radical (unpaired) electrons. The molecule has 0 fully saturated rings. The summed E-state index contributed by atoms with van der Waals surface area (Å²) in [6.45, 7) is 0. The zero-order valence-electron chi connectivity index (χ0n) is 28.2. The van der Waals surface area contributed by atoms with Crippen molar-refractivity contribution in [3.05, 3.63) is 204 Å². The van der Waals surface area contributed by atoms with Crippen LogP contribution < -0.4 is 4.74 Å². The molecule has 1 heteroatoms. The van der Waals surface area contributed by atoms with Gasteiger partial charge in [0.1, 0.15) is 11.5 Å². The van der Waals surface area contributed by atoms with Crippen molar-refractivity contribution in [2.45, 2.75) is 5.41 Å². The van der Waals surface area contributed by atoms with Gasteiger partial charge in [-0.05, 0) is 113 Å². The van der Waals surface area contributed by atoms with E-state index in [-0.39, 0.29) is 0 Å². The van der Waals surface area contributed by atoms with Crippen molar-refractivity contribution in [1.29, 1.82) is 0 Å². The smallest absolute Gasteiger partial charge is 0.135 e. The predicted molar refractivity (Wildman–Crippen MR) is 214 cm³/mol. The minimum atomic E-state index is -0.418. The molecule has 52 heavy (non-hydrogen) atoms. The van der Waals surface area contributed by atoms with Gasteiger partial charge < -0.3 is 4.74 Å². The van der Waals surface area contributed by atoms with Gasteiger partial charge in [-0.15, -0.1) is 0 Å². The van der Waals surface area contributed by atoms with Crippen molar-refractivity contribution in [2.75, 3.05) is 0 Å². The van der Waals surface area contributed by atoms with Gasteiger partial charge in [-0.1, -0.05) is 158 Å². The van der Waals surface area contributed by atoms with E-state index in [9.17, 15) is 0 Å². The van der Waals surface area contributed by atoms with E-state index in [1.807, 2.05) is 0 Å². The summed E-state index contributed by atoms with van der Waals surface area (Å²) in [5, 5.41) is 5.03. The molecular weight excluding hydrogens is 629 g/mol. The lowest BCUT2D eigenvalue weighted by Gasteiger charge is -2.40. The summed E-state index contributed by atoms with van der Waals surface area (Å²) in [5.74, 6) is 1.83. The molecule has 0 saturated carbocycles. The average Bonchev–Trinajstić information content (AvgIpc) is 3.50. The van der Waals surface area contributed by atoms with Crippen LogP contribution in [0.15, 0.2) is 182 Å². The molecule has 1 unspecified atom stereocenters. The van der Waals surface area contributed by atoms with Crippen molar-refractivity contribution >= 4 is 21.5 Å². The molecule has 9 aromatic carbocycles. The van der Waals surface area contributed by atoms with Gasteiger partial charge in [0.25, 0.3) is 0 Å². The molecule has 1 heterocycles. The van der Waals surface area contributed by atoms with Crippen molar-refractivity contribution < 1.29 is 4.74 Å². The molecule has 1 aliphatic heterocycles. The van der Waals surface area contributed by atoms with Crippen molar-refractivity contribution in [2.24, 2.45) is 0 Å². The number of hydrogen-bond acceptors (Lipinski definition) is 1. The molecule has 0 amide bonds. The Morgan fingerprint density at radius 1 is 0.288 bits per heavy atom. The minimum absolute atomic E-state index is 0.418. The van der Waals surface area contributed by atoms with Crippen LogP contribution in [0.4, 0.5) is 0 Å². The molecular formula is C51H30O. The largest absolute Gasteiger partial charge is 0.456 e. The van der Waals surface area contributed by atoms with E-state index in [1.54, 1.807) is 0 Å². The molecule has 2 aliphatic carbocycles. The fourth-order valence-electron chi connectivity index (χ4n) is 9.71. The maximum atomic E-state index is 6.38. The number of benzene rings is 9. The lowest BCUT2D eigenvalue weighted by atomic mass is 9.61. The number of rotatable bonds is 2. The summed E-state index contributed by atoms with van der Waals surface area (Å²) in [7, 11) is 0. The molecule has 0 bridgehead atoms. The number of hydrogen-bond donors (Lipinski definition) is 0. The number of fused-ring (bicyclic) bond motifs is 11. The molecule has 0 saturated heterocycles. The zero-order valence-corrected chi connectivity index (χ0v) is 28.2. The molecule has 240 valence electrons. The van der Waals surface area contributed by atoms with Crippen LogP contribution in [0.1, 0.15) is 22.3 Å². The molecule has 3 aliphatic rings. The van der Waals surface area contributed by atoms with Gasteiger partial charge in [0, 0.05) is 10.9 Å². The van der Waals surface area contributed by atoms with Crippen LogP contribution in [-0.4, -0.2) is 0 Å². The Bertz CT molecular complexity index is 2970. The Balaban J connectivity index is 1.01. The highest BCUT2D eigenvalue weighted by molar-refractivity contribution is 6.07. The Morgan fingerprint density at radius 3 is 1.52 bits per heavy atom. The first kappa shape index (κ1) is 28.0.